The molecule has 94 valence electrons. The zero-order chi connectivity index (χ0) is 13.0. The topological polar surface area (TPSA) is 41.1 Å². The first-order valence-electron chi connectivity index (χ1n) is 5.39. The number of halogens is 2. The zero-order valence-electron chi connectivity index (χ0n) is 10.1. The van der Waals surface area contributed by atoms with Gasteiger partial charge in [-0.05, 0) is 40.5 Å². The number of carbonyl (C=O) groups is 1. The average molecular weight is 303 g/mol. The van der Waals surface area contributed by atoms with E-state index in [1.807, 2.05) is 20.8 Å². The second-order valence-corrected chi connectivity index (χ2v) is 5.02. The third-order valence-corrected chi connectivity index (χ3v) is 2.82. The van der Waals surface area contributed by atoms with Gasteiger partial charge in [0, 0.05) is 11.7 Å². The molecule has 0 saturated carbocycles. The average Bonchev–Trinajstić information content (AvgIpc) is 2.23. The summed E-state index contributed by atoms with van der Waals surface area (Å²) in [6.07, 6.45) is 0. The van der Waals surface area contributed by atoms with Gasteiger partial charge >= 0.3 is 0 Å². The van der Waals surface area contributed by atoms with E-state index in [1.165, 1.54) is 6.07 Å². The lowest BCUT2D eigenvalue weighted by Crippen LogP contribution is -2.32. The Bertz CT molecular complexity index is 421. The fourth-order valence-corrected chi connectivity index (χ4v) is 1.73. The van der Waals surface area contributed by atoms with Crippen molar-refractivity contribution in [3.63, 3.8) is 0 Å². The number of benzene rings is 1. The van der Waals surface area contributed by atoms with E-state index in [0.29, 0.717) is 10.2 Å². The monoisotopic (exact) mass is 302 g/mol. The highest BCUT2D eigenvalue weighted by molar-refractivity contribution is 9.10. The fraction of sp³-hybridized carbons (Fsp3) is 0.417. The number of amides is 1. The molecule has 0 aliphatic carbocycles. The summed E-state index contributed by atoms with van der Waals surface area (Å²) in [5, 5.41) is 5.67. The van der Waals surface area contributed by atoms with E-state index in [4.69, 9.17) is 0 Å². The van der Waals surface area contributed by atoms with Crippen molar-refractivity contribution >= 4 is 27.5 Å². The van der Waals surface area contributed by atoms with Gasteiger partial charge in [0.2, 0.25) is 5.91 Å². The number of hydrogen-bond acceptors (Lipinski definition) is 2. The summed E-state index contributed by atoms with van der Waals surface area (Å²) in [5.74, 6) is -0.564. The van der Waals surface area contributed by atoms with Crippen LogP contribution >= 0.6 is 15.9 Å². The number of anilines is 1. The minimum atomic E-state index is -0.386. The van der Waals surface area contributed by atoms with E-state index >= 15 is 0 Å². The van der Waals surface area contributed by atoms with E-state index in [-0.39, 0.29) is 24.3 Å². The van der Waals surface area contributed by atoms with Gasteiger partial charge < -0.3 is 10.6 Å². The van der Waals surface area contributed by atoms with Crippen LogP contribution in [0.25, 0.3) is 0 Å². The Labute approximate surface area is 109 Å². The molecular weight excluding hydrogens is 287 g/mol. The number of rotatable bonds is 4. The molecular formula is C12H16BrFN2O. The van der Waals surface area contributed by atoms with Crippen molar-refractivity contribution in [3.05, 3.63) is 28.0 Å². The molecule has 1 amide bonds. The Hall–Kier alpha value is -0.940. The predicted molar refractivity (Wildman–Crippen MR) is 70.6 cm³/mol. The van der Waals surface area contributed by atoms with Crippen molar-refractivity contribution in [1.29, 1.82) is 0 Å². The van der Waals surface area contributed by atoms with Crippen molar-refractivity contribution in [1.82, 2.24) is 5.32 Å². The predicted octanol–water partition coefficient (Wildman–Crippen LogP) is 2.83. The van der Waals surface area contributed by atoms with Crippen LogP contribution in [0.2, 0.25) is 0 Å². The number of carbonyl (C=O) groups excluding carboxylic acids is 1. The van der Waals surface area contributed by atoms with E-state index in [2.05, 4.69) is 26.6 Å². The summed E-state index contributed by atoms with van der Waals surface area (Å²) >= 11 is 3.10. The Morgan fingerprint density at radius 3 is 2.71 bits per heavy atom. The summed E-state index contributed by atoms with van der Waals surface area (Å²) in [7, 11) is 0. The maximum absolute atomic E-state index is 13.3. The lowest BCUT2D eigenvalue weighted by atomic mass is 10.2. The van der Waals surface area contributed by atoms with Gasteiger partial charge in [-0.15, -0.1) is 0 Å². The number of hydrogen-bond donors (Lipinski definition) is 2. The highest BCUT2D eigenvalue weighted by Gasteiger charge is 2.08. The maximum Gasteiger partial charge on any atom is 0.238 e. The molecule has 0 atom stereocenters. The maximum atomic E-state index is 13.3. The van der Waals surface area contributed by atoms with Crippen molar-refractivity contribution in [2.45, 2.75) is 26.8 Å². The third-order valence-electron chi connectivity index (χ3n) is 2.21. The van der Waals surface area contributed by atoms with Gasteiger partial charge in [0.05, 0.1) is 11.0 Å². The lowest BCUT2D eigenvalue weighted by molar-refractivity contribution is -0.115. The Kier molecular flexibility index (Phi) is 5.08. The second kappa shape index (κ2) is 6.12. The molecule has 0 saturated heterocycles. The van der Waals surface area contributed by atoms with Gasteiger partial charge in [-0.1, -0.05) is 13.8 Å². The highest BCUT2D eigenvalue weighted by Crippen LogP contribution is 2.23. The molecule has 0 spiro atoms. The fourth-order valence-electron chi connectivity index (χ4n) is 1.27. The summed E-state index contributed by atoms with van der Waals surface area (Å²) in [5.41, 5.74) is 1.32. The first-order chi connectivity index (χ1) is 7.90. The minimum absolute atomic E-state index is 0.177. The van der Waals surface area contributed by atoms with Crippen molar-refractivity contribution < 1.29 is 9.18 Å². The van der Waals surface area contributed by atoms with Gasteiger partial charge in [0.1, 0.15) is 5.82 Å². The molecule has 3 nitrogen and oxygen atoms in total. The molecule has 0 fully saturated rings. The van der Waals surface area contributed by atoms with Crippen LogP contribution in [-0.2, 0) is 4.79 Å². The van der Waals surface area contributed by atoms with Crippen molar-refractivity contribution in [3.8, 4) is 0 Å². The van der Waals surface area contributed by atoms with E-state index in [0.717, 1.165) is 5.56 Å². The molecule has 5 heteroatoms. The first-order valence-corrected chi connectivity index (χ1v) is 6.18. The van der Waals surface area contributed by atoms with Crippen LogP contribution in [0.15, 0.2) is 16.6 Å². The third kappa shape index (κ3) is 4.44. The van der Waals surface area contributed by atoms with Crippen molar-refractivity contribution in [2.75, 3.05) is 11.9 Å². The van der Waals surface area contributed by atoms with E-state index in [1.54, 1.807) is 6.07 Å². The molecule has 0 bridgehead atoms. The molecule has 1 aromatic carbocycles. The standard InChI is InChI=1S/C12H16BrFN2O/c1-7(2)15-6-12(17)16-11-5-10(14)9(13)4-8(11)3/h4-5,7,15H,6H2,1-3H3,(H,16,17). The first kappa shape index (κ1) is 14.1. The van der Waals surface area contributed by atoms with Crippen LogP contribution in [0, 0.1) is 12.7 Å². The molecule has 0 radical (unpaired) electrons. The quantitative estimate of drug-likeness (QED) is 0.898. The molecule has 17 heavy (non-hydrogen) atoms. The highest BCUT2D eigenvalue weighted by atomic mass is 79.9. The Morgan fingerprint density at radius 2 is 2.12 bits per heavy atom. The molecule has 1 rings (SSSR count). The molecule has 0 aliphatic heterocycles. The largest absolute Gasteiger partial charge is 0.325 e. The van der Waals surface area contributed by atoms with Crippen LogP contribution in [-0.4, -0.2) is 18.5 Å². The molecule has 0 aromatic heterocycles. The van der Waals surface area contributed by atoms with E-state index < -0.39 is 0 Å². The van der Waals surface area contributed by atoms with Gasteiger partial charge in [-0.2, -0.15) is 0 Å². The molecule has 2 N–H and O–H groups in total. The zero-order valence-corrected chi connectivity index (χ0v) is 11.7. The Morgan fingerprint density at radius 1 is 1.47 bits per heavy atom. The molecule has 1 aromatic rings. The van der Waals surface area contributed by atoms with Crippen LogP contribution < -0.4 is 10.6 Å². The second-order valence-electron chi connectivity index (χ2n) is 4.17. The van der Waals surface area contributed by atoms with Gasteiger partial charge in [-0.3, -0.25) is 4.79 Å². The number of nitrogens with one attached hydrogen (secondary N) is 2. The van der Waals surface area contributed by atoms with Crippen LogP contribution in [0.5, 0.6) is 0 Å². The molecule has 0 unspecified atom stereocenters. The van der Waals surface area contributed by atoms with Crippen molar-refractivity contribution in [2.24, 2.45) is 0 Å². The van der Waals surface area contributed by atoms with Crippen LogP contribution in [0.4, 0.5) is 10.1 Å². The SMILES string of the molecule is Cc1cc(Br)c(F)cc1NC(=O)CNC(C)C. The Balaban J connectivity index is 2.68. The smallest absolute Gasteiger partial charge is 0.238 e. The lowest BCUT2D eigenvalue weighted by Gasteiger charge is -2.11. The number of aryl methyl sites for hydroxylation is 1. The van der Waals surface area contributed by atoms with Gasteiger partial charge in [-0.25, -0.2) is 4.39 Å². The normalized spacial score (nSPS) is 10.7. The summed E-state index contributed by atoms with van der Waals surface area (Å²) < 4.78 is 13.7. The molecule has 0 aliphatic rings. The van der Waals surface area contributed by atoms with Crippen LogP contribution in [0.3, 0.4) is 0 Å². The molecule has 0 heterocycles. The van der Waals surface area contributed by atoms with Gasteiger partial charge in [0.15, 0.2) is 0 Å². The summed E-state index contributed by atoms with van der Waals surface area (Å²) in [6.45, 7) is 5.94. The van der Waals surface area contributed by atoms with E-state index in [9.17, 15) is 9.18 Å². The summed E-state index contributed by atoms with van der Waals surface area (Å²) in [4.78, 5) is 11.6. The van der Waals surface area contributed by atoms with Gasteiger partial charge in [0.25, 0.3) is 0 Å². The van der Waals surface area contributed by atoms with Crippen LogP contribution in [0.1, 0.15) is 19.4 Å². The minimum Gasteiger partial charge on any atom is -0.325 e. The summed E-state index contributed by atoms with van der Waals surface area (Å²) in [6, 6.07) is 3.19.